The Morgan fingerprint density at radius 3 is 1.90 bits per heavy atom. The molecule has 1 atom stereocenters. The Bertz CT molecular complexity index is 614. The highest BCUT2D eigenvalue weighted by Crippen LogP contribution is 2.41. The molecule has 1 aromatic carbocycles. The number of hydrogen-bond acceptors (Lipinski definition) is 2. The SMILES string of the molecule is COc1csc(C(Br)c2c(C)c(C)c(C)c(C)c2C)c1. The second kappa shape index (κ2) is 5.90. The Morgan fingerprint density at radius 1 is 0.950 bits per heavy atom. The Morgan fingerprint density at radius 2 is 1.45 bits per heavy atom. The minimum atomic E-state index is 0.231. The van der Waals surface area contributed by atoms with E-state index in [1.165, 1.54) is 38.3 Å². The van der Waals surface area contributed by atoms with Crippen LogP contribution < -0.4 is 4.74 Å². The van der Waals surface area contributed by atoms with E-state index >= 15 is 0 Å². The van der Waals surface area contributed by atoms with Crippen LogP contribution in [0.2, 0.25) is 0 Å². The van der Waals surface area contributed by atoms with Crippen molar-refractivity contribution in [2.24, 2.45) is 0 Å². The summed E-state index contributed by atoms with van der Waals surface area (Å²) in [6.45, 7) is 11.1. The predicted octanol–water partition coefficient (Wildman–Crippen LogP) is 5.78. The average molecular weight is 353 g/mol. The summed E-state index contributed by atoms with van der Waals surface area (Å²) in [5.74, 6) is 0.935. The molecule has 0 amide bonds. The highest BCUT2D eigenvalue weighted by Gasteiger charge is 2.21. The van der Waals surface area contributed by atoms with E-state index in [-0.39, 0.29) is 4.83 Å². The number of ether oxygens (including phenoxy) is 1. The molecule has 2 rings (SSSR count). The van der Waals surface area contributed by atoms with E-state index in [4.69, 9.17) is 4.74 Å². The predicted molar refractivity (Wildman–Crippen MR) is 91.8 cm³/mol. The molecule has 1 heterocycles. The Labute approximate surface area is 134 Å². The van der Waals surface area contributed by atoms with Gasteiger partial charge in [0.1, 0.15) is 5.75 Å². The van der Waals surface area contributed by atoms with E-state index in [2.05, 4.69) is 62.0 Å². The third kappa shape index (κ3) is 2.53. The van der Waals surface area contributed by atoms with Crippen LogP contribution >= 0.6 is 27.3 Å². The van der Waals surface area contributed by atoms with Crippen molar-refractivity contribution in [2.75, 3.05) is 7.11 Å². The van der Waals surface area contributed by atoms with Gasteiger partial charge < -0.3 is 4.74 Å². The molecule has 0 saturated carbocycles. The summed E-state index contributed by atoms with van der Waals surface area (Å²) in [6, 6.07) is 2.12. The topological polar surface area (TPSA) is 9.23 Å². The van der Waals surface area contributed by atoms with Gasteiger partial charge in [-0.15, -0.1) is 11.3 Å². The van der Waals surface area contributed by atoms with Crippen molar-refractivity contribution in [1.82, 2.24) is 0 Å². The summed E-state index contributed by atoms with van der Waals surface area (Å²) in [5.41, 5.74) is 8.38. The van der Waals surface area contributed by atoms with E-state index in [1.807, 2.05) is 0 Å². The van der Waals surface area contributed by atoms with Gasteiger partial charge >= 0.3 is 0 Å². The Balaban J connectivity index is 2.57. The largest absolute Gasteiger partial charge is 0.496 e. The van der Waals surface area contributed by atoms with Crippen LogP contribution in [0.5, 0.6) is 5.75 Å². The van der Waals surface area contributed by atoms with Gasteiger partial charge in [-0.3, -0.25) is 0 Å². The van der Waals surface area contributed by atoms with Gasteiger partial charge in [-0.1, -0.05) is 15.9 Å². The fourth-order valence-corrected chi connectivity index (χ4v) is 4.61. The number of thiophene rings is 1. The molecule has 0 aliphatic heterocycles. The summed E-state index contributed by atoms with van der Waals surface area (Å²) in [4.78, 5) is 1.52. The average Bonchev–Trinajstić information content (AvgIpc) is 2.92. The third-order valence-corrected chi connectivity index (χ3v) is 6.62. The maximum Gasteiger partial charge on any atom is 0.129 e. The molecule has 1 nitrogen and oxygen atoms in total. The van der Waals surface area contributed by atoms with Gasteiger partial charge in [0.25, 0.3) is 0 Å². The van der Waals surface area contributed by atoms with E-state index < -0.39 is 0 Å². The lowest BCUT2D eigenvalue weighted by Gasteiger charge is -2.21. The van der Waals surface area contributed by atoms with Crippen LogP contribution in [0.15, 0.2) is 11.4 Å². The molecule has 1 aromatic heterocycles. The van der Waals surface area contributed by atoms with Gasteiger partial charge in [0, 0.05) is 10.3 Å². The fraction of sp³-hybridized carbons (Fsp3) is 0.412. The second-order valence-corrected chi connectivity index (χ2v) is 7.15. The van der Waals surface area contributed by atoms with Gasteiger partial charge in [-0.25, -0.2) is 0 Å². The second-order valence-electron chi connectivity index (χ2n) is 5.29. The molecule has 0 N–H and O–H groups in total. The lowest BCUT2D eigenvalue weighted by molar-refractivity contribution is 0.416. The van der Waals surface area contributed by atoms with Crippen molar-refractivity contribution in [1.29, 1.82) is 0 Å². The van der Waals surface area contributed by atoms with Crippen molar-refractivity contribution in [2.45, 2.75) is 39.4 Å². The molecule has 2 aromatic rings. The zero-order valence-electron chi connectivity index (χ0n) is 12.9. The standard InChI is InChI=1S/C17H21BrOS/c1-9-10(2)12(4)16(13(5)11(9)3)17(18)15-7-14(19-6)8-20-15/h7-8,17H,1-6H3. The van der Waals surface area contributed by atoms with Crippen molar-refractivity contribution in [3.8, 4) is 5.75 Å². The van der Waals surface area contributed by atoms with E-state index in [0.29, 0.717) is 0 Å². The van der Waals surface area contributed by atoms with Crippen molar-refractivity contribution in [3.05, 3.63) is 49.7 Å². The van der Waals surface area contributed by atoms with Crippen LogP contribution in [-0.2, 0) is 0 Å². The number of rotatable bonds is 3. The summed E-state index contributed by atoms with van der Waals surface area (Å²) in [6.07, 6.45) is 0. The first-order chi connectivity index (χ1) is 9.38. The molecule has 0 bridgehead atoms. The van der Waals surface area contributed by atoms with E-state index in [1.54, 1.807) is 18.4 Å². The minimum absolute atomic E-state index is 0.231. The molecule has 0 saturated heterocycles. The molecular weight excluding hydrogens is 332 g/mol. The zero-order chi connectivity index (χ0) is 15.0. The van der Waals surface area contributed by atoms with Crippen LogP contribution in [0.25, 0.3) is 0 Å². The van der Waals surface area contributed by atoms with Gasteiger partial charge in [0.05, 0.1) is 11.9 Å². The monoisotopic (exact) mass is 352 g/mol. The van der Waals surface area contributed by atoms with E-state index in [9.17, 15) is 0 Å². The molecule has 0 aliphatic rings. The summed E-state index contributed by atoms with van der Waals surface area (Å²) in [5, 5.41) is 2.06. The maximum atomic E-state index is 5.30. The highest BCUT2D eigenvalue weighted by molar-refractivity contribution is 9.09. The summed E-state index contributed by atoms with van der Waals surface area (Å²) < 4.78 is 5.30. The lowest BCUT2D eigenvalue weighted by atomic mass is 9.88. The number of hydrogen-bond donors (Lipinski definition) is 0. The molecule has 0 spiro atoms. The molecule has 0 aliphatic carbocycles. The van der Waals surface area contributed by atoms with Crippen LogP contribution in [0, 0.1) is 34.6 Å². The molecule has 108 valence electrons. The summed E-state index contributed by atoms with van der Waals surface area (Å²) in [7, 11) is 1.71. The van der Waals surface area contributed by atoms with Gasteiger partial charge in [-0.2, -0.15) is 0 Å². The zero-order valence-corrected chi connectivity index (χ0v) is 15.3. The van der Waals surface area contributed by atoms with Gasteiger partial charge in [0.15, 0.2) is 0 Å². The molecule has 0 radical (unpaired) electrons. The Kier molecular flexibility index (Phi) is 4.60. The quantitative estimate of drug-likeness (QED) is 0.635. The Hall–Kier alpha value is -0.800. The van der Waals surface area contributed by atoms with Crippen LogP contribution in [-0.4, -0.2) is 7.11 Å². The van der Waals surface area contributed by atoms with Crippen LogP contribution in [0.1, 0.15) is 43.1 Å². The summed E-state index contributed by atoms with van der Waals surface area (Å²) >= 11 is 5.62. The van der Waals surface area contributed by atoms with Crippen LogP contribution in [0.3, 0.4) is 0 Å². The third-order valence-electron chi connectivity index (χ3n) is 4.39. The van der Waals surface area contributed by atoms with E-state index in [0.717, 1.165) is 5.75 Å². The van der Waals surface area contributed by atoms with Crippen LogP contribution in [0.4, 0.5) is 0 Å². The molecule has 20 heavy (non-hydrogen) atoms. The highest BCUT2D eigenvalue weighted by atomic mass is 79.9. The molecule has 3 heteroatoms. The number of methoxy groups -OCH3 is 1. The fourth-order valence-electron chi connectivity index (χ4n) is 2.63. The number of halogens is 1. The first kappa shape index (κ1) is 15.6. The van der Waals surface area contributed by atoms with Crippen molar-refractivity contribution < 1.29 is 4.74 Å². The number of alkyl halides is 1. The normalized spacial score (nSPS) is 12.6. The lowest BCUT2D eigenvalue weighted by Crippen LogP contribution is -2.04. The van der Waals surface area contributed by atoms with Gasteiger partial charge in [0.2, 0.25) is 0 Å². The molecule has 1 unspecified atom stereocenters. The first-order valence-electron chi connectivity index (χ1n) is 6.71. The molecular formula is C17H21BrOS. The molecule has 0 fully saturated rings. The van der Waals surface area contributed by atoms with Gasteiger partial charge in [-0.05, 0) is 74.1 Å². The van der Waals surface area contributed by atoms with Crippen molar-refractivity contribution >= 4 is 27.3 Å². The first-order valence-corrected chi connectivity index (χ1v) is 8.51. The van der Waals surface area contributed by atoms with Crippen molar-refractivity contribution in [3.63, 3.8) is 0 Å². The minimum Gasteiger partial charge on any atom is -0.496 e. The number of benzene rings is 1. The maximum absolute atomic E-state index is 5.30. The smallest absolute Gasteiger partial charge is 0.129 e.